The van der Waals surface area contributed by atoms with Crippen LogP contribution in [0.4, 0.5) is 0 Å². The maximum absolute atomic E-state index is 12.3. The molecule has 0 saturated heterocycles. The molecule has 156 valence electrons. The van der Waals surface area contributed by atoms with Crippen LogP contribution in [-0.2, 0) is 30.2 Å². The second-order valence-corrected chi connectivity index (χ2v) is 6.82. The summed E-state index contributed by atoms with van der Waals surface area (Å²) < 4.78 is 15.3. The van der Waals surface area contributed by atoms with Crippen molar-refractivity contribution in [2.75, 3.05) is 7.11 Å². The van der Waals surface area contributed by atoms with Crippen molar-refractivity contribution in [3.8, 4) is 5.75 Å². The number of carbonyl (C=O) groups excluding carboxylic acids is 1. The van der Waals surface area contributed by atoms with Gasteiger partial charge in [-0.2, -0.15) is 5.01 Å². The maximum Gasteiger partial charge on any atom is 0.332 e. The van der Waals surface area contributed by atoms with Crippen LogP contribution in [0.5, 0.6) is 5.75 Å². The minimum atomic E-state index is -0.792. The van der Waals surface area contributed by atoms with Crippen molar-refractivity contribution >= 4 is 23.0 Å². The van der Waals surface area contributed by atoms with E-state index >= 15 is 0 Å². The van der Waals surface area contributed by atoms with Crippen LogP contribution in [0.25, 0.3) is 11.2 Å². The third-order valence-corrected chi connectivity index (χ3v) is 4.93. The van der Waals surface area contributed by atoms with Gasteiger partial charge in [0.15, 0.2) is 5.52 Å². The fraction of sp³-hybridized carbons (Fsp3) is 0.316. The van der Waals surface area contributed by atoms with Gasteiger partial charge in [-0.25, -0.2) is 9.78 Å². The molecule has 0 saturated carbocycles. The molecule has 1 aliphatic rings. The number of hydrogen-bond acceptors (Lipinski definition) is 7. The number of fused-ring (bicyclic) bond motifs is 1. The first-order valence-electron chi connectivity index (χ1n) is 9.11. The third kappa shape index (κ3) is 2.95. The van der Waals surface area contributed by atoms with Crippen LogP contribution < -0.4 is 16.0 Å². The molecule has 0 spiro atoms. The largest absolute Gasteiger partial charge is 0.496 e. The predicted molar refractivity (Wildman–Crippen MR) is 107 cm³/mol. The molecule has 11 nitrogen and oxygen atoms in total. The molecule has 0 fully saturated rings. The third-order valence-electron chi connectivity index (χ3n) is 4.93. The summed E-state index contributed by atoms with van der Waals surface area (Å²) >= 11 is 0. The second-order valence-electron chi connectivity index (χ2n) is 6.82. The van der Waals surface area contributed by atoms with Crippen molar-refractivity contribution in [3.63, 3.8) is 0 Å². The maximum atomic E-state index is 12.3. The lowest BCUT2D eigenvalue weighted by molar-refractivity contribution is -0.135. The van der Waals surface area contributed by atoms with Crippen LogP contribution in [0.3, 0.4) is 0 Å². The van der Waals surface area contributed by atoms with Crippen LogP contribution >= 0.6 is 0 Å². The van der Waals surface area contributed by atoms with Gasteiger partial charge in [-0.3, -0.25) is 18.7 Å². The van der Waals surface area contributed by atoms with Crippen molar-refractivity contribution in [1.82, 2.24) is 23.7 Å². The number of nitrogens with zero attached hydrogens (tertiary/aromatic N) is 6. The molecule has 0 unspecified atom stereocenters. The van der Waals surface area contributed by atoms with Gasteiger partial charge in [-0.15, -0.1) is 5.10 Å². The summed E-state index contributed by atoms with van der Waals surface area (Å²) in [5.74, 6) is 0.482. The van der Waals surface area contributed by atoms with E-state index in [4.69, 9.17) is 9.47 Å². The van der Waals surface area contributed by atoms with Crippen molar-refractivity contribution in [3.05, 3.63) is 57.0 Å². The van der Waals surface area contributed by atoms with E-state index in [1.807, 2.05) is 12.1 Å². The lowest BCUT2D eigenvalue weighted by Crippen LogP contribution is -2.37. The molecule has 3 aromatic rings. The summed E-state index contributed by atoms with van der Waals surface area (Å²) in [5.41, 5.74) is 0.178. The molecule has 0 aliphatic carbocycles. The summed E-state index contributed by atoms with van der Waals surface area (Å²) in [6.07, 6.45) is 0.645. The first-order valence-corrected chi connectivity index (χ1v) is 9.11. The lowest BCUT2D eigenvalue weighted by atomic mass is 10.1. The van der Waals surface area contributed by atoms with Crippen LogP contribution in [0.1, 0.15) is 18.7 Å². The molecule has 30 heavy (non-hydrogen) atoms. The summed E-state index contributed by atoms with van der Waals surface area (Å²) in [4.78, 5) is 40.9. The number of imidazole rings is 1. The molecule has 2 aromatic heterocycles. The van der Waals surface area contributed by atoms with E-state index in [-0.39, 0.29) is 23.9 Å². The van der Waals surface area contributed by atoms with Gasteiger partial charge in [-0.1, -0.05) is 12.1 Å². The number of hydrazone groups is 1. The monoisotopic (exact) mass is 412 g/mol. The highest BCUT2D eigenvalue weighted by atomic mass is 16.5. The van der Waals surface area contributed by atoms with E-state index in [0.717, 1.165) is 4.57 Å². The molecular weight excluding hydrogens is 392 g/mol. The Labute approximate surface area is 170 Å². The highest BCUT2D eigenvalue weighted by Gasteiger charge is 2.34. The van der Waals surface area contributed by atoms with Gasteiger partial charge in [0.1, 0.15) is 17.9 Å². The van der Waals surface area contributed by atoms with Gasteiger partial charge in [0, 0.05) is 21.0 Å². The number of benzene rings is 1. The van der Waals surface area contributed by atoms with Crippen molar-refractivity contribution < 1.29 is 14.3 Å². The number of para-hydroxylation sites is 1. The predicted octanol–water partition coefficient (Wildman–Crippen LogP) is 0.333. The first-order chi connectivity index (χ1) is 14.3. The van der Waals surface area contributed by atoms with Gasteiger partial charge < -0.3 is 14.0 Å². The number of amides is 1. The Morgan fingerprint density at radius 1 is 1.20 bits per heavy atom. The number of ether oxygens (including phenoxy) is 2. The van der Waals surface area contributed by atoms with E-state index in [2.05, 4.69) is 10.1 Å². The van der Waals surface area contributed by atoms with Crippen LogP contribution in [0, 0.1) is 0 Å². The Hall–Kier alpha value is -3.89. The standard InChI is InChI=1S/C19H20N6O5/c1-11(26)25-18(12-7-5-6-8-13(12)29-4)30-14(21-25)9-24-10-20-15-16(24)22(2)19(28)23(3)17(15)27/h5-8,10,18H,9H2,1-4H3/t18-/m0/s1. The molecule has 1 amide bonds. The molecule has 1 atom stereocenters. The summed E-state index contributed by atoms with van der Waals surface area (Å²) in [6.45, 7) is 1.46. The molecule has 11 heteroatoms. The summed E-state index contributed by atoms with van der Waals surface area (Å²) in [6, 6.07) is 7.18. The van der Waals surface area contributed by atoms with Gasteiger partial charge in [0.2, 0.25) is 18.0 Å². The fourth-order valence-corrected chi connectivity index (χ4v) is 3.45. The van der Waals surface area contributed by atoms with E-state index in [1.165, 1.54) is 37.0 Å². The number of rotatable bonds is 4. The SMILES string of the molecule is COc1ccccc1[C@@H]1OC(Cn2cnc3c(=O)n(C)c(=O)n(C)c32)=NN1C(C)=O. The Morgan fingerprint density at radius 3 is 2.63 bits per heavy atom. The summed E-state index contributed by atoms with van der Waals surface area (Å²) in [7, 11) is 4.49. The van der Waals surface area contributed by atoms with Gasteiger partial charge in [0.05, 0.1) is 19.0 Å². The van der Waals surface area contributed by atoms with E-state index in [0.29, 0.717) is 17.0 Å². The topological polar surface area (TPSA) is 113 Å². The van der Waals surface area contributed by atoms with Crippen molar-refractivity contribution in [2.45, 2.75) is 19.7 Å². The molecule has 0 N–H and O–H groups in total. The quantitative estimate of drug-likeness (QED) is 0.610. The molecule has 3 heterocycles. The number of methoxy groups -OCH3 is 1. The lowest BCUT2D eigenvalue weighted by Gasteiger charge is -2.21. The molecule has 0 bridgehead atoms. The van der Waals surface area contributed by atoms with E-state index in [1.54, 1.807) is 23.7 Å². The van der Waals surface area contributed by atoms with Crippen LogP contribution in [0.15, 0.2) is 45.3 Å². The van der Waals surface area contributed by atoms with E-state index < -0.39 is 17.5 Å². The average Bonchev–Trinajstić information content (AvgIpc) is 3.35. The van der Waals surface area contributed by atoms with Crippen molar-refractivity contribution in [1.29, 1.82) is 0 Å². The number of aromatic nitrogens is 4. The number of carbonyl (C=O) groups is 1. The second kappa shape index (κ2) is 7.17. The Kier molecular flexibility index (Phi) is 4.65. The number of aryl methyl sites for hydroxylation is 1. The molecular formula is C19H20N6O5. The van der Waals surface area contributed by atoms with Crippen molar-refractivity contribution in [2.24, 2.45) is 19.2 Å². The average molecular weight is 412 g/mol. The highest BCUT2D eigenvalue weighted by molar-refractivity contribution is 5.84. The van der Waals surface area contributed by atoms with Gasteiger partial charge >= 0.3 is 5.69 Å². The normalized spacial score (nSPS) is 15.9. The van der Waals surface area contributed by atoms with Crippen LogP contribution in [-0.4, -0.2) is 42.6 Å². The highest BCUT2D eigenvalue weighted by Crippen LogP contribution is 2.34. The number of hydrogen-bond donors (Lipinski definition) is 0. The Balaban J connectivity index is 1.73. The molecule has 1 aliphatic heterocycles. The zero-order chi connectivity index (χ0) is 21.6. The smallest absolute Gasteiger partial charge is 0.332 e. The van der Waals surface area contributed by atoms with Gasteiger partial charge in [-0.05, 0) is 12.1 Å². The van der Waals surface area contributed by atoms with E-state index in [9.17, 15) is 14.4 Å². The fourth-order valence-electron chi connectivity index (χ4n) is 3.45. The van der Waals surface area contributed by atoms with Crippen LogP contribution in [0.2, 0.25) is 0 Å². The minimum absolute atomic E-state index is 0.0758. The molecule has 4 rings (SSSR count). The zero-order valence-corrected chi connectivity index (χ0v) is 16.9. The molecule has 1 aromatic carbocycles. The minimum Gasteiger partial charge on any atom is -0.496 e. The Bertz CT molecular complexity index is 1300. The Morgan fingerprint density at radius 2 is 1.93 bits per heavy atom. The molecule has 0 radical (unpaired) electrons. The first kappa shape index (κ1) is 19.4. The van der Waals surface area contributed by atoms with Gasteiger partial charge in [0.25, 0.3) is 5.56 Å². The zero-order valence-electron chi connectivity index (χ0n) is 16.9. The summed E-state index contributed by atoms with van der Waals surface area (Å²) in [5, 5.41) is 5.52.